The largest absolute Gasteiger partial charge is 0.348 e. The van der Waals surface area contributed by atoms with Gasteiger partial charge < -0.3 is 10.6 Å². The molecule has 1 aliphatic heterocycles. The van der Waals surface area contributed by atoms with Crippen LogP contribution >= 0.6 is 0 Å². The zero-order valence-electron chi connectivity index (χ0n) is 6.86. The molecule has 1 rings (SSSR count). The van der Waals surface area contributed by atoms with E-state index < -0.39 is 12.0 Å². The van der Waals surface area contributed by atoms with E-state index in [1.165, 1.54) is 6.92 Å². The summed E-state index contributed by atoms with van der Waals surface area (Å²) in [5.41, 5.74) is -0.694. The van der Waals surface area contributed by atoms with E-state index >= 15 is 0 Å². The maximum atomic E-state index is 12.0. The average Bonchev–Trinajstić information content (AvgIpc) is 1.80. The molecule has 0 unspecified atom stereocenters. The predicted octanol–water partition coefficient (Wildman–Crippen LogP) is 0.120. The third-order valence-electron chi connectivity index (χ3n) is 1.91. The van der Waals surface area contributed by atoms with Crippen LogP contribution in [0.15, 0.2) is 0 Å². The molecule has 0 aromatic heterocycles. The van der Waals surface area contributed by atoms with E-state index in [-0.39, 0.29) is 12.3 Å². The molecule has 0 bridgehead atoms. The molecule has 1 fully saturated rings. The van der Waals surface area contributed by atoms with Crippen molar-refractivity contribution in [1.29, 1.82) is 0 Å². The van der Waals surface area contributed by atoms with Gasteiger partial charge in [-0.05, 0) is 0 Å². The summed E-state index contributed by atoms with van der Waals surface area (Å²) in [5, 5.41) is 5.41. The van der Waals surface area contributed by atoms with Crippen molar-refractivity contribution >= 4 is 5.91 Å². The SMILES string of the molecule is CC(=O)NC1(CC(F)F)CNC1. The minimum absolute atomic E-state index is 0.253. The van der Waals surface area contributed by atoms with Gasteiger partial charge in [0.05, 0.1) is 5.54 Å². The van der Waals surface area contributed by atoms with Gasteiger partial charge in [0, 0.05) is 26.4 Å². The number of nitrogens with one attached hydrogen (secondary N) is 2. The zero-order chi connectivity index (χ0) is 9.19. The van der Waals surface area contributed by atoms with Crippen molar-refractivity contribution in [3.8, 4) is 0 Å². The van der Waals surface area contributed by atoms with Crippen LogP contribution in [0.25, 0.3) is 0 Å². The molecule has 0 aliphatic carbocycles. The fraction of sp³-hybridized carbons (Fsp3) is 0.857. The molecule has 12 heavy (non-hydrogen) atoms. The molecule has 1 saturated heterocycles. The van der Waals surface area contributed by atoms with E-state index in [4.69, 9.17) is 0 Å². The average molecular weight is 178 g/mol. The van der Waals surface area contributed by atoms with Crippen LogP contribution in [0.5, 0.6) is 0 Å². The maximum Gasteiger partial charge on any atom is 0.241 e. The summed E-state index contributed by atoms with van der Waals surface area (Å²) in [7, 11) is 0. The topological polar surface area (TPSA) is 41.1 Å². The van der Waals surface area contributed by atoms with Crippen LogP contribution in [0.2, 0.25) is 0 Å². The Kier molecular flexibility index (Phi) is 2.62. The second-order valence-electron chi connectivity index (χ2n) is 3.16. The third kappa shape index (κ3) is 2.14. The highest BCUT2D eigenvalue weighted by atomic mass is 19.3. The van der Waals surface area contributed by atoms with Gasteiger partial charge in [-0.3, -0.25) is 4.79 Å². The lowest BCUT2D eigenvalue weighted by atomic mass is 9.88. The molecule has 1 amide bonds. The lowest BCUT2D eigenvalue weighted by Gasteiger charge is -2.42. The molecule has 0 aromatic rings. The van der Waals surface area contributed by atoms with E-state index in [0.29, 0.717) is 13.1 Å². The molecule has 2 N–H and O–H groups in total. The molecule has 1 heterocycles. The molecule has 0 aromatic carbocycles. The van der Waals surface area contributed by atoms with Crippen LogP contribution in [0.4, 0.5) is 8.78 Å². The third-order valence-corrected chi connectivity index (χ3v) is 1.91. The summed E-state index contributed by atoms with van der Waals surface area (Å²) in [6, 6.07) is 0. The minimum Gasteiger partial charge on any atom is -0.348 e. The summed E-state index contributed by atoms with van der Waals surface area (Å²) in [6.07, 6.45) is -2.63. The first kappa shape index (κ1) is 9.38. The number of hydrogen-bond donors (Lipinski definition) is 2. The van der Waals surface area contributed by atoms with Gasteiger partial charge >= 0.3 is 0 Å². The fourth-order valence-electron chi connectivity index (χ4n) is 1.38. The van der Waals surface area contributed by atoms with Gasteiger partial charge in [-0.2, -0.15) is 0 Å². The van der Waals surface area contributed by atoms with Crippen LogP contribution in [-0.2, 0) is 4.79 Å². The van der Waals surface area contributed by atoms with E-state index in [2.05, 4.69) is 10.6 Å². The fourth-order valence-corrected chi connectivity index (χ4v) is 1.38. The Morgan fingerprint density at radius 1 is 1.67 bits per heavy atom. The second-order valence-corrected chi connectivity index (χ2v) is 3.16. The van der Waals surface area contributed by atoms with E-state index in [0.717, 1.165) is 0 Å². The number of alkyl halides is 2. The van der Waals surface area contributed by atoms with Crippen molar-refractivity contribution in [2.75, 3.05) is 13.1 Å². The Labute approximate surface area is 69.5 Å². The van der Waals surface area contributed by atoms with Crippen molar-refractivity contribution < 1.29 is 13.6 Å². The number of hydrogen-bond acceptors (Lipinski definition) is 2. The van der Waals surface area contributed by atoms with Crippen molar-refractivity contribution in [2.24, 2.45) is 0 Å². The molecular weight excluding hydrogens is 166 g/mol. The van der Waals surface area contributed by atoms with Crippen LogP contribution < -0.4 is 10.6 Å². The van der Waals surface area contributed by atoms with Gasteiger partial charge in [0.2, 0.25) is 12.3 Å². The van der Waals surface area contributed by atoms with Crippen LogP contribution in [-0.4, -0.2) is 31.0 Å². The Morgan fingerprint density at radius 2 is 2.25 bits per heavy atom. The van der Waals surface area contributed by atoms with E-state index in [9.17, 15) is 13.6 Å². The minimum atomic E-state index is -2.36. The van der Waals surface area contributed by atoms with Crippen molar-refractivity contribution in [2.45, 2.75) is 25.3 Å². The molecular formula is C7H12F2N2O. The van der Waals surface area contributed by atoms with Gasteiger partial charge in [0.15, 0.2) is 0 Å². The number of halogens is 2. The second kappa shape index (κ2) is 3.35. The summed E-state index contributed by atoms with van der Waals surface area (Å²) in [4.78, 5) is 10.6. The normalized spacial score (nSPS) is 20.3. The lowest BCUT2D eigenvalue weighted by Crippen LogP contribution is -2.69. The predicted molar refractivity (Wildman–Crippen MR) is 40.0 cm³/mol. The van der Waals surface area contributed by atoms with Gasteiger partial charge in [-0.1, -0.05) is 0 Å². The highest BCUT2D eigenvalue weighted by Crippen LogP contribution is 2.20. The van der Waals surface area contributed by atoms with Crippen LogP contribution in [0, 0.1) is 0 Å². The number of carbonyl (C=O) groups is 1. The molecule has 0 saturated carbocycles. The van der Waals surface area contributed by atoms with Gasteiger partial charge in [-0.25, -0.2) is 8.78 Å². The van der Waals surface area contributed by atoms with E-state index in [1.807, 2.05) is 0 Å². The number of amides is 1. The number of carbonyl (C=O) groups excluding carboxylic acids is 1. The van der Waals surface area contributed by atoms with Gasteiger partial charge in [0.1, 0.15) is 0 Å². The molecule has 0 radical (unpaired) electrons. The Morgan fingerprint density at radius 3 is 2.50 bits per heavy atom. The molecule has 5 heteroatoms. The van der Waals surface area contributed by atoms with Crippen LogP contribution in [0.3, 0.4) is 0 Å². The Balaban J connectivity index is 2.45. The molecule has 70 valence electrons. The summed E-state index contributed by atoms with van der Waals surface area (Å²) in [6.45, 7) is 2.22. The molecule has 0 spiro atoms. The van der Waals surface area contributed by atoms with Gasteiger partial charge in [-0.15, -0.1) is 0 Å². The first-order chi connectivity index (χ1) is 5.54. The molecule has 0 atom stereocenters. The summed E-state index contributed by atoms with van der Waals surface area (Å²) < 4.78 is 24.0. The van der Waals surface area contributed by atoms with Crippen LogP contribution in [0.1, 0.15) is 13.3 Å². The van der Waals surface area contributed by atoms with Crippen molar-refractivity contribution in [3.63, 3.8) is 0 Å². The summed E-state index contributed by atoms with van der Waals surface area (Å²) in [5.74, 6) is -0.253. The zero-order valence-corrected chi connectivity index (χ0v) is 6.86. The van der Waals surface area contributed by atoms with Crippen molar-refractivity contribution in [1.82, 2.24) is 10.6 Å². The standard InChI is InChI=1S/C7H12F2N2O/c1-5(12)11-7(2-6(8)9)3-10-4-7/h6,10H,2-4H2,1H3,(H,11,12). The Hall–Kier alpha value is -0.710. The highest BCUT2D eigenvalue weighted by molar-refractivity contribution is 5.74. The first-order valence-electron chi connectivity index (χ1n) is 3.82. The lowest BCUT2D eigenvalue weighted by molar-refractivity contribution is -0.122. The molecule has 3 nitrogen and oxygen atoms in total. The van der Waals surface area contributed by atoms with E-state index in [1.54, 1.807) is 0 Å². The van der Waals surface area contributed by atoms with Gasteiger partial charge in [0.25, 0.3) is 0 Å². The maximum absolute atomic E-state index is 12.0. The monoisotopic (exact) mass is 178 g/mol. The Bertz CT molecular complexity index is 180. The quantitative estimate of drug-likeness (QED) is 0.644. The number of rotatable bonds is 3. The smallest absolute Gasteiger partial charge is 0.241 e. The first-order valence-corrected chi connectivity index (χ1v) is 3.82. The summed E-state index contributed by atoms with van der Waals surface area (Å²) >= 11 is 0. The highest BCUT2D eigenvalue weighted by Gasteiger charge is 2.39. The molecule has 1 aliphatic rings. The van der Waals surface area contributed by atoms with Crippen molar-refractivity contribution in [3.05, 3.63) is 0 Å².